The van der Waals surface area contributed by atoms with Crippen molar-refractivity contribution in [1.82, 2.24) is 0 Å². The lowest BCUT2D eigenvalue weighted by molar-refractivity contribution is -0.462. The predicted octanol–water partition coefficient (Wildman–Crippen LogP) is 3.62. The van der Waals surface area contributed by atoms with Crippen LogP contribution in [0.3, 0.4) is 0 Å². The molecule has 1 aliphatic heterocycles. The van der Waals surface area contributed by atoms with Crippen molar-refractivity contribution in [3.8, 4) is 0 Å². The number of amides is 1. The molecule has 2 aliphatic carbocycles. The lowest BCUT2D eigenvalue weighted by atomic mass is 9.83. The molecule has 0 spiro atoms. The lowest BCUT2D eigenvalue weighted by Crippen LogP contribution is -2.16. The van der Waals surface area contributed by atoms with Gasteiger partial charge in [0.1, 0.15) is 5.70 Å². The van der Waals surface area contributed by atoms with Crippen LogP contribution in [-0.2, 0) is 4.79 Å². The van der Waals surface area contributed by atoms with E-state index in [-0.39, 0.29) is 34.3 Å². The topological polar surface area (TPSA) is 131 Å². The Balaban J connectivity index is 1.69. The van der Waals surface area contributed by atoms with E-state index in [1.54, 1.807) is 18.2 Å². The summed E-state index contributed by atoms with van der Waals surface area (Å²) >= 11 is 0. The molecular formula is C18H16N5O5+. The summed E-state index contributed by atoms with van der Waals surface area (Å²) in [5.74, 6) is -0.272. The minimum Gasteiger partial charge on any atom is -0.259 e. The first-order chi connectivity index (χ1) is 13.5. The molecule has 10 heteroatoms. The van der Waals surface area contributed by atoms with Gasteiger partial charge in [-0.1, -0.05) is 22.4 Å². The van der Waals surface area contributed by atoms with Gasteiger partial charge >= 0.3 is 11.6 Å². The van der Waals surface area contributed by atoms with Gasteiger partial charge in [-0.25, -0.2) is 4.79 Å². The first-order valence-corrected chi connectivity index (χ1v) is 8.78. The van der Waals surface area contributed by atoms with E-state index < -0.39 is 4.92 Å². The Kier molecular flexibility index (Phi) is 4.30. The molecule has 1 aromatic rings. The van der Waals surface area contributed by atoms with Gasteiger partial charge in [-0.05, 0) is 24.5 Å². The van der Waals surface area contributed by atoms with Crippen LogP contribution in [0.25, 0.3) is 0 Å². The molecule has 0 radical (unpaired) electrons. The highest BCUT2D eigenvalue weighted by molar-refractivity contribution is 5.78. The van der Waals surface area contributed by atoms with Crippen LogP contribution < -0.4 is 5.43 Å². The molecule has 4 rings (SSSR count). The SMILES string of the molecule is O=C1CC2=C(CCC3=C2C=C([N+](=O)[O-])CC3)[N+]1=NNc1ccccc1[N+](=O)[O-]. The van der Waals surface area contributed by atoms with Crippen molar-refractivity contribution in [1.29, 1.82) is 0 Å². The van der Waals surface area contributed by atoms with Crippen LogP contribution in [0.1, 0.15) is 32.1 Å². The van der Waals surface area contributed by atoms with Gasteiger partial charge in [0, 0.05) is 30.6 Å². The minimum atomic E-state index is -0.530. The average molecular weight is 382 g/mol. The van der Waals surface area contributed by atoms with Gasteiger partial charge in [0.25, 0.3) is 0 Å². The first-order valence-electron chi connectivity index (χ1n) is 8.78. The molecule has 0 aromatic heterocycles. The van der Waals surface area contributed by atoms with Crippen LogP contribution in [0.4, 0.5) is 11.4 Å². The third kappa shape index (κ3) is 2.98. The number of allylic oxidation sites excluding steroid dienone is 5. The number of anilines is 1. The second-order valence-corrected chi connectivity index (χ2v) is 6.70. The number of hydrogen-bond acceptors (Lipinski definition) is 6. The number of nitrogens with one attached hydrogen (secondary N) is 1. The molecule has 10 nitrogen and oxygen atoms in total. The molecule has 0 saturated heterocycles. The van der Waals surface area contributed by atoms with E-state index in [1.165, 1.54) is 16.8 Å². The second-order valence-electron chi connectivity index (χ2n) is 6.70. The Bertz CT molecular complexity index is 1050. The zero-order valence-corrected chi connectivity index (χ0v) is 14.8. The molecule has 1 amide bonds. The molecule has 0 bridgehead atoms. The minimum absolute atomic E-state index is 0.109. The molecule has 0 unspecified atom stereocenters. The molecule has 1 N–H and O–H groups in total. The number of hydrogen-bond donors (Lipinski definition) is 1. The van der Waals surface area contributed by atoms with Gasteiger partial charge in [-0.15, -0.1) is 5.43 Å². The number of nitro groups is 2. The highest BCUT2D eigenvalue weighted by Gasteiger charge is 2.39. The van der Waals surface area contributed by atoms with Crippen LogP contribution >= 0.6 is 0 Å². The average Bonchev–Trinajstić information content (AvgIpc) is 3.01. The van der Waals surface area contributed by atoms with E-state index in [0.717, 1.165) is 16.7 Å². The van der Waals surface area contributed by atoms with E-state index in [4.69, 9.17) is 0 Å². The number of para-hydroxylation sites is 2. The van der Waals surface area contributed by atoms with Gasteiger partial charge < -0.3 is 0 Å². The molecule has 1 aromatic carbocycles. The van der Waals surface area contributed by atoms with Crippen molar-refractivity contribution in [2.45, 2.75) is 32.1 Å². The summed E-state index contributed by atoms with van der Waals surface area (Å²) in [5, 5.41) is 26.3. The predicted molar refractivity (Wildman–Crippen MR) is 96.6 cm³/mol. The Morgan fingerprint density at radius 2 is 1.79 bits per heavy atom. The summed E-state index contributed by atoms with van der Waals surface area (Å²) in [5.41, 5.74) is 6.15. The maximum Gasteiger partial charge on any atom is 0.339 e. The van der Waals surface area contributed by atoms with E-state index >= 15 is 0 Å². The van der Waals surface area contributed by atoms with E-state index in [1.807, 2.05) is 0 Å². The lowest BCUT2D eigenvalue weighted by Gasteiger charge is -2.21. The molecule has 3 aliphatic rings. The highest BCUT2D eigenvalue weighted by atomic mass is 16.6. The van der Waals surface area contributed by atoms with Crippen molar-refractivity contribution >= 4 is 17.3 Å². The van der Waals surface area contributed by atoms with Gasteiger partial charge in [0.15, 0.2) is 0 Å². The van der Waals surface area contributed by atoms with Crippen molar-refractivity contribution in [3.63, 3.8) is 0 Å². The summed E-state index contributed by atoms with van der Waals surface area (Å²) in [6.07, 6.45) is 4.01. The van der Waals surface area contributed by atoms with Crippen LogP contribution in [0.2, 0.25) is 0 Å². The Labute approximate surface area is 158 Å². The van der Waals surface area contributed by atoms with Gasteiger partial charge in [-0.3, -0.25) is 20.2 Å². The zero-order valence-electron chi connectivity index (χ0n) is 14.8. The Morgan fingerprint density at radius 1 is 1.04 bits per heavy atom. The standard InChI is InChI=1S/C18H15N5O5/c24-18-10-14-13-9-12(22(25)26)7-5-11(13)6-8-16(14)21(18)20-19-15-3-1-2-4-17(15)23(27)28/h1-4,9H,5-8,10H2/p+1. The number of carbonyl (C=O) groups is 1. The summed E-state index contributed by atoms with van der Waals surface area (Å²) < 4.78 is 1.23. The fourth-order valence-corrected chi connectivity index (χ4v) is 3.79. The fraction of sp³-hybridized carbons (Fsp3) is 0.278. The summed E-state index contributed by atoms with van der Waals surface area (Å²) in [6.45, 7) is 0. The highest BCUT2D eigenvalue weighted by Crippen LogP contribution is 2.42. The van der Waals surface area contributed by atoms with Crippen molar-refractivity contribution in [2.75, 3.05) is 5.43 Å². The van der Waals surface area contributed by atoms with Gasteiger partial charge in [0.2, 0.25) is 11.4 Å². The molecule has 0 atom stereocenters. The van der Waals surface area contributed by atoms with E-state index in [2.05, 4.69) is 10.6 Å². The van der Waals surface area contributed by atoms with Crippen LogP contribution in [0, 0.1) is 20.2 Å². The monoisotopic (exact) mass is 382 g/mol. The number of carbonyl (C=O) groups excluding carboxylic acids is 1. The normalized spacial score (nSPS) is 20.1. The first kappa shape index (κ1) is 17.7. The molecule has 0 saturated carbocycles. The van der Waals surface area contributed by atoms with Crippen LogP contribution in [0.5, 0.6) is 0 Å². The third-order valence-electron chi connectivity index (χ3n) is 5.14. The van der Waals surface area contributed by atoms with Crippen molar-refractivity contribution < 1.29 is 19.3 Å². The molecule has 0 fully saturated rings. The largest absolute Gasteiger partial charge is 0.339 e. The molecule has 28 heavy (non-hydrogen) atoms. The number of nitrogens with zero attached hydrogens (tertiary/aromatic N) is 4. The van der Waals surface area contributed by atoms with Gasteiger partial charge in [0.05, 0.1) is 21.5 Å². The van der Waals surface area contributed by atoms with Crippen molar-refractivity contribution in [2.24, 2.45) is 5.22 Å². The number of fused-ring (bicyclic) bond motifs is 1. The number of rotatable bonds is 4. The maximum atomic E-state index is 12.5. The summed E-state index contributed by atoms with van der Waals surface area (Å²) in [4.78, 5) is 33.9. The van der Waals surface area contributed by atoms with Crippen LogP contribution in [0.15, 0.2) is 63.7 Å². The zero-order chi connectivity index (χ0) is 19.8. The van der Waals surface area contributed by atoms with Crippen LogP contribution in [-0.4, -0.2) is 20.5 Å². The van der Waals surface area contributed by atoms with E-state index in [9.17, 15) is 25.0 Å². The summed E-state index contributed by atoms with van der Waals surface area (Å²) in [7, 11) is 0. The maximum absolute atomic E-state index is 12.5. The number of nitro benzene ring substituents is 1. The van der Waals surface area contributed by atoms with Gasteiger partial charge in [-0.2, -0.15) is 0 Å². The number of benzene rings is 1. The molecular weight excluding hydrogens is 366 g/mol. The second kappa shape index (κ2) is 6.80. The Hall–Kier alpha value is -3.69. The van der Waals surface area contributed by atoms with E-state index in [0.29, 0.717) is 31.4 Å². The fourth-order valence-electron chi connectivity index (χ4n) is 3.79. The quantitative estimate of drug-likeness (QED) is 0.481. The molecule has 142 valence electrons. The smallest absolute Gasteiger partial charge is 0.259 e. The Morgan fingerprint density at radius 3 is 2.54 bits per heavy atom. The summed E-state index contributed by atoms with van der Waals surface area (Å²) in [6, 6.07) is 6.03. The molecule has 1 heterocycles. The third-order valence-corrected chi connectivity index (χ3v) is 5.14. The van der Waals surface area contributed by atoms with Crippen molar-refractivity contribution in [3.05, 3.63) is 78.7 Å².